The van der Waals surface area contributed by atoms with E-state index in [4.69, 9.17) is 11.6 Å². The lowest BCUT2D eigenvalue weighted by Gasteiger charge is -2.28. The van der Waals surface area contributed by atoms with Gasteiger partial charge in [0.1, 0.15) is 0 Å². The van der Waals surface area contributed by atoms with Crippen LogP contribution in [0.4, 0.5) is 5.69 Å². The van der Waals surface area contributed by atoms with Gasteiger partial charge in [0.25, 0.3) is 0 Å². The predicted molar refractivity (Wildman–Crippen MR) is 119 cm³/mol. The number of carbonyl (C=O) groups excluding carboxylic acids is 1. The number of nitrogens with one attached hydrogen (secondary N) is 1. The van der Waals surface area contributed by atoms with Crippen LogP contribution in [0.2, 0.25) is 5.02 Å². The van der Waals surface area contributed by atoms with Crippen molar-refractivity contribution in [3.63, 3.8) is 0 Å². The quantitative estimate of drug-likeness (QED) is 0.564. The van der Waals surface area contributed by atoms with E-state index < -0.39 is 9.84 Å². The third kappa shape index (κ3) is 4.85. The molecule has 1 fully saturated rings. The predicted octanol–water partition coefficient (Wildman–Crippen LogP) is 3.44. The van der Waals surface area contributed by atoms with E-state index in [1.54, 1.807) is 17.0 Å². The fraction of sp³-hybridized carbons (Fsp3) is 0.250. The Morgan fingerprint density at radius 2 is 1.90 bits per heavy atom. The van der Waals surface area contributed by atoms with Crippen LogP contribution in [-0.4, -0.2) is 52.8 Å². The minimum Gasteiger partial charge on any atom is -0.308 e. The summed E-state index contributed by atoms with van der Waals surface area (Å²) in [4.78, 5) is 19.1. The van der Waals surface area contributed by atoms with Crippen LogP contribution >= 0.6 is 23.4 Å². The SMILES string of the molecule is O=C(CSc1n[nH]c(-c2ccc(Cl)cc2)n1)N(c1ccccc1)C1CCS(=O)(=O)C1. The van der Waals surface area contributed by atoms with Crippen molar-refractivity contribution < 1.29 is 13.2 Å². The Labute approximate surface area is 183 Å². The topological polar surface area (TPSA) is 96.0 Å². The number of thioether (sulfide) groups is 1. The first-order valence-corrected chi connectivity index (χ1v) is 12.5. The Kier molecular flexibility index (Phi) is 6.12. The monoisotopic (exact) mass is 462 g/mol. The lowest BCUT2D eigenvalue weighted by Crippen LogP contribution is -2.42. The normalized spacial score (nSPS) is 17.7. The summed E-state index contributed by atoms with van der Waals surface area (Å²) in [5.41, 5.74) is 1.54. The molecule has 7 nitrogen and oxygen atoms in total. The van der Waals surface area contributed by atoms with E-state index in [0.717, 1.165) is 5.56 Å². The molecule has 10 heteroatoms. The van der Waals surface area contributed by atoms with Crippen LogP contribution in [0.3, 0.4) is 0 Å². The lowest BCUT2D eigenvalue weighted by atomic mass is 10.2. The van der Waals surface area contributed by atoms with Gasteiger partial charge in [-0.05, 0) is 42.8 Å². The molecule has 0 bridgehead atoms. The standard InChI is InChI=1S/C20H19ClN4O3S2/c21-15-8-6-14(7-9-15)19-22-20(24-23-19)29-12-18(26)25(16-4-2-1-3-5-16)17-10-11-30(27,28)13-17/h1-9,17H,10-13H2,(H,22,23,24). The van der Waals surface area contributed by atoms with Gasteiger partial charge in [0, 0.05) is 16.3 Å². The number of H-pyrrole nitrogens is 1. The summed E-state index contributed by atoms with van der Waals surface area (Å²) in [6.45, 7) is 0. The van der Waals surface area contributed by atoms with Gasteiger partial charge in [0.05, 0.1) is 23.3 Å². The van der Waals surface area contributed by atoms with Crippen LogP contribution in [-0.2, 0) is 14.6 Å². The van der Waals surface area contributed by atoms with E-state index in [1.165, 1.54) is 11.8 Å². The Morgan fingerprint density at radius 1 is 1.17 bits per heavy atom. The number of anilines is 1. The van der Waals surface area contributed by atoms with Gasteiger partial charge in [-0.15, -0.1) is 5.10 Å². The Morgan fingerprint density at radius 3 is 2.57 bits per heavy atom. The van der Waals surface area contributed by atoms with Gasteiger partial charge in [0.15, 0.2) is 15.7 Å². The number of carbonyl (C=O) groups is 1. The van der Waals surface area contributed by atoms with Crippen molar-refractivity contribution in [2.24, 2.45) is 0 Å². The maximum absolute atomic E-state index is 13.1. The fourth-order valence-electron chi connectivity index (χ4n) is 3.37. The summed E-state index contributed by atoms with van der Waals surface area (Å²) in [6.07, 6.45) is 0.439. The van der Waals surface area contributed by atoms with Crippen molar-refractivity contribution in [3.8, 4) is 11.4 Å². The molecule has 1 aliphatic heterocycles. The highest BCUT2D eigenvalue weighted by Gasteiger charge is 2.35. The van der Waals surface area contributed by atoms with Crippen molar-refractivity contribution in [3.05, 3.63) is 59.6 Å². The lowest BCUT2D eigenvalue weighted by molar-refractivity contribution is -0.116. The van der Waals surface area contributed by atoms with E-state index >= 15 is 0 Å². The second-order valence-electron chi connectivity index (χ2n) is 6.92. The van der Waals surface area contributed by atoms with Gasteiger partial charge >= 0.3 is 0 Å². The number of benzene rings is 2. The molecule has 1 saturated heterocycles. The van der Waals surface area contributed by atoms with Crippen molar-refractivity contribution in [1.82, 2.24) is 15.2 Å². The fourth-order valence-corrected chi connectivity index (χ4v) is 5.85. The van der Waals surface area contributed by atoms with Crippen molar-refractivity contribution in [2.45, 2.75) is 17.6 Å². The van der Waals surface area contributed by atoms with Gasteiger partial charge in [-0.3, -0.25) is 9.89 Å². The summed E-state index contributed by atoms with van der Waals surface area (Å²) in [7, 11) is -3.12. The molecule has 4 rings (SSSR count). The first-order chi connectivity index (χ1) is 14.4. The van der Waals surface area contributed by atoms with Gasteiger partial charge in [-0.25, -0.2) is 13.4 Å². The van der Waals surface area contributed by atoms with Crippen LogP contribution < -0.4 is 4.90 Å². The maximum atomic E-state index is 13.1. The molecule has 0 aliphatic carbocycles. The number of sulfone groups is 1. The molecule has 0 saturated carbocycles. The van der Waals surface area contributed by atoms with Gasteiger partial charge in [0.2, 0.25) is 11.1 Å². The molecule has 1 unspecified atom stereocenters. The highest BCUT2D eigenvalue weighted by molar-refractivity contribution is 7.99. The number of hydrogen-bond acceptors (Lipinski definition) is 6. The first-order valence-electron chi connectivity index (χ1n) is 9.30. The minimum absolute atomic E-state index is 0.0142. The molecule has 0 radical (unpaired) electrons. The molecule has 1 atom stereocenters. The van der Waals surface area contributed by atoms with E-state index in [-0.39, 0.29) is 29.2 Å². The number of aromatic amines is 1. The molecular weight excluding hydrogens is 444 g/mol. The molecule has 2 aromatic carbocycles. The zero-order valence-corrected chi connectivity index (χ0v) is 18.3. The van der Waals surface area contributed by atoms with Crippen LogP contribution in [0.15, 0.2) is 59.8 Å². The summed E-state index contributed by atoms with van der Waals surface area (Å²) < 4.78 is 23.9. The van der Waals surface area contributed by atoms with Crippen LogP contribution in [0.5, 0.6) is 0 Å². The van der Waals surface area contributed by atoms with Crippen LogP contribution in [0.1, 0.15) is 6.42 Å². The third-order valence-electron chi connectivity index (χ3n) is 4.78. The third-order valence-corrected chi connectivity index (χ3v) is 7.62. The zero-order valence-electron chi connectivity index (χ0n) is 15.9. The molecule has 1 aromatic heterocycles. The Bertz CT molecular complexity index is 1130. The number of halogens is 1. The van der Waals surface area contributed by atoms with E-state index in [9.17, 15) is 13.2 Å². The Balaban J connectivity index is 1.47. The smallest absolute Gasteiger partial charge is 0.237 e. The summed E-state index contributed by atoms with van der Waals surface area (Å²) >= 11 is 7.12. The van der Waals surface area contributed by atoms with Gasteiger partial charge < -0.3 is 4.90 Å². The zero-order chi connectivity index (χ0) is 21.1. The number of para-hydroxylation sites is 1. The van der Waals surface area contributed by atoms with Crippen molar-refractivity contribution in [1.29, 1.82) is 0 Å². The van der Waals surface area contributed by atoms with Crippen LogP contribution in [0, 0.1) is 0 Å². The van der Waals surface area contributed by atoms with E-state index in [0.29, 0.717) is 28.1 Å². The maximum Gasteiger partial charge on any atom is 0.237 e. The second-order valence-corrected chi connectivity index (χ2v) is 10.5. The highest BCUT2D eigenvalue weighted by atomic mass is 35.5. The van der Waals surface area contributed by atoms with Crippen molar-refractivity contribution >= 4 is 44.8 Å². The van der Waals surface area contributed by atoms with Gasteiger partial charge in [-0.2, -0.15) is 0 Å². The number of amides is 1. The molecule has 1 amide bonds. The molecule has 2 heterocycles. The number of aromatic nitrogens is 3. The van der Waals surface area contributed by atoms with E-state index in [2.05, 4.69) is 15.2 Å². The van der Waals surface area contributed by atoms with Gasteiger partial charge in [-0.1, -0.05) is 41.6 Å². The molecular formula is C20H19ClN4O3S2. The highest BCUT2D eigenvalue weighted by Crippen LogP contribution is 2.27. The summed E-state index contributed by atoms with van der Waals surface area (Å²) in [5.74, 6) is 0.602. The molecule has 1 aliphatic rings. The second kappa shape index (κ2) is 8.79. The molecule has 30 heavy (non-hydrogen) atoms. The molecule has 1 N–H and O–H groups in total. The summed E-state index contributed by atoms with van der Waals surface area (Å²) in [5, 5.41) is 8.11. The molecule has 156 valence electrons. The molecule has 3 aromatic rings. The Hall–Kier alpha value is -2.36. The summed E-state index contributed by atoms with van der Waals surface area (Å²) in [6, 6.07) is 16.0. The van der Waals surface area contributed by atoms with Crippen molar-refractivity contribution in [2.75, 3.05) is 22.2 Å². The number of hydrogen-bond donors (Lipinski definition) is 1. The number of rotatable bonds is 6. The first kappa shape index (κ1) is 20.9. The van der Waals surface area contributed by atoms with E-state index in [1.807, 2.05) is 42.5 Å². The average molecular weight is 463 g/mol. The minimum atomic E-state index is -3.12. The van der Waals surface area contributed by atoms with Crippen LogP contribution in [0.25, 0.3) is 11.4 Å². The average Bonchev–Trinajstić information content (AvgIpc) is 3.34. The molecule has 0 spiro atoms. The number of nitrogens with zero attached hydrogens (tertiary/aromatic N) is 3. The largest absolute Gasteiger partial charge is 0.308 e.